The molecular weight excluding hydrogens is 220 g/mol. The van der Waals surface area contributed by atoms with Crippen LogP contribution in [0.1, 0.15) is 27.8 Å². The summed E-state index contributed by atoms with van der Waals surface area (Å²) in [7, 11) is 1.70. The highest BCUT2D eigenvalue weighted by atomic mass is 16.5. The second-order valence-electron chi connectivity index (χ2n) is 4.72. The lowest BCUT2D eigenvalue weighted by Crippen LogP contribution is -1.91. The normalized spacial score (nSPS) is 10.4. The number of benzene rings is 2. The molecule has 0 aliphatic rings. The summed E-state index contributed by atoms with van der Waals surface area (Å²) in [6, 6.07) is 12.8. The van der Waals surface area contributed by atoms with Gasteiger partial charge in [0.2, 0.25) is 0 Å². The second-order valence-corrected chi connectivity index (χ2v) is 4.72. The molecule has 2 aromatic carbocycles. The van der Waals surface area contributed by atoms with Crippen molar-refractivity contribution in [2.24, 2.45) is 0 Å². The molecule has 1 radical (unpaired) electrons. The molecule has 0 amide bonds. The first-order valence-corrected chi connectivity index (χ1v) is 6.17. The van der Waals surface area contributed by atoms with E-state index in [1.807, 2.05) is 6.07 Å². The molecule has 0 fully saturated rings. The molecule has 1 heteroatoms. The van der Waals surface area contributed by atoms with Crippen molar-refractivity contribution in [1.82, 2.24) is 0 Å². The molecule has 0 unspecified atom stereocenters. The monoisotopic (exact) mass is 239 g/mol. The van der Waals surface area contributed by atoms with Crippen LogP contribution in [0.3, 0.4) is 0 Å². The quantitative estimate of drug-likeness (QED) is 0.779. The topological polar surface area (TPSA) is 9.23 Å². The number of rotatable bonds is 3. The van der Waals surface area contributed by atoms with Crippen LogP contribution in [-0.4, -0.2) is 7.11 Å². The Labute approximate surface area is 109 Å². The van der Waals surface area contributed by atoms with E-state index >= 15 is 0 Å². The maximum atomic E-state index is 5.27. The van der Waals surface area contributed by atoms with Gasteiger partial charge in [-0.25, -0.2) is 0 Å². The Balaban J connectivity index is 2.23. The van der Waals surface area contributed by atoms with E-state index in [0.717, 1.165) is 11.3 Å². The van der Waals surface area contributed by atoms with E-state index in [4.69, 9.17) is 4.74 Å². The Morgan fingerprint density at radius 3 is 1.94 bits per heavy atom. The fourth-order valence-electron chi connectivity index (χ4n) is 2.04. The van der Waals surface area contributed by atoms with Crippen LogP contribution >= 0.6 is 0 Å². The summed E-state index contributed by atoms with van der Waals surface area (Å²) >= 11 is 0. The molecule has 0 spiro atoms. The summed E-state index contributed by atoms with van der Waals surface area (Å²) in [6.45, 7) is 6.35. The van der Waals surface area contributed by atoms with Crippen LogP contribution in [0.25, 0.3) is 0 Å². The summed E-state index contributed by atoms with van der Waals surface area (Å²) in [5.41, 5.74) is 6.27. The van der Waals surface area contributed by atoms with Gasteiger partial charge in [0.15, 0.2) is 0 Å². The minimum Gasteiger partial charge on any atom is -0.496 e. The summed E-state index contributed by atoms with van der Waals surface area (Å²) in [5.74, 6) is 0.937. The average Bonchev–Trinajstić information content (AvgIpc) is 2.34. The third kappa shape index (κ3) is 2.73. The third-order valence-corrected chi connectivity index (χ3v) is 3.28. The van der Waals surface area contributed by atoms with Crippen molar-refractivity contribution in [3.63, 3.8) is 0 Å². The van der Waals surface area contributed by atoms with E-state index in [2.05, 4.69) is 57.5 Å². The molecule has 18 heavy (non-hydrogen) atoms. The molecule has 2 aromatic rings. The Kier molecular flexibility index (Phi) is 3.71. The molecular formula is C17H19O. The van der Waals surface area contributed by atoms with Gasteiger partial charge in [-0.05, 0) is 54.7 Å². The van der Waals surface area contributed by atoms with Crippen molar-refractivity contribution in [3.05, 3.63) is 70.6 Å². The zero-order chi connectivity index (χ0) is 13.1. The van der Waals surface area contributed by atoms with Crippen molar-refractivity contribution in [2.45, 2.75) is 20.8 Å². The average molecular weight is 239 g/mol. The van der Waals surface area contributed by atoms with Crippen LogP contribution in [0.5, 0.6) is 5.75 Å². The predicted octanol–water partition coefficient (Wildman–Crippen LogP) is 4.22. The van der Waals surface area contributed by atoms with Gasteiger partial charge in [-0.2, -0.15) is 0 Å². The smallest absolute Gasteiger partial charge is 0.121 e. The Bertz CT molecular complexity index is 556. The highest BCUT2D eigenvalue weighted by molar-refractivity contribution is 5.45. The molecule has 0 heterocycles. The van der Waals surface area contributed by atoms with Crippen LogP contribution in [0, 0.1) is 27.2 Å². The van der Waals surface area contributed by atoms with Crippen molar-refractivity contribution in [1.29, 1.82) is 0 Å². The molecule has 0 N–H and O–H groups in total. The molecule has 0 saturated heterocycles. The van der Waals surface area contributed by atoms with Gasteiger partial charge >= 0.3 is 0 Å². The van der Waals surface area contributed by atoms with Gasteiger partial charge in [0.25, 0.3) is 0 Å². The maximum Gasteiger partial charge on any atom is 0.121 e. The summed E-state index contributed by atoms with van der Waals surface area (Å²) in [4.78, 5) is 0. The van der Waals surface area contributed by atoms with E-state index in [9.17, 15) is 0 Å². The lowest BCUT2D eigenvalue weighted by Gasteiger charge is -2.08. The SMILES string of the molecule is COc1ccc([CH]c2ccc(C)c(C)c2)cc1C. The molecule has 0 bridgehead atoms. The van der Waals surface area contributed by atoms with E-state index in [1.165, 1.54) is 22.3 Å². The minimum atomic E-state index is 0.937. The molecule has 0 aliphatic heterocycles. The van der Waals surface area contributed by atoms with Crippen LogP contribution < -0.4 is 4.74 Å². The highest BCUT2D eigenvalue weighted by Gasteiger charge is 2.02. The molecule has 0 aliphatic carbocycles. The highest BCUT2D eigenvalue weighted by Crippen LogP contribution is 2.22. The number of hydrogen-bond acceptors (Lipinski definition) is 1. The van der Waals surface area contributed by atoms with E-state index in [0.29, 0.717) is 0 Å². The van der Waals surface area contributed by atoms with Crippen LogP contribution in [-0.2, 0) is 0 Å². The van der Waals surface area contributed by atoms with Gasteiger partial charge < -0.3 is 4.74 Å². The first-order chi connectivity index (χ1) is 8.60. The largest absolute Gasteiger partial charge is 0.496 e. The summed E-state index contributed by atoms with van der Waals surface area (Å²) in [6.07, 6.45) is 2.19. The molecule has 0 aromatic heterocycles. The van der Waals surface area contributed by atoms with Gasteiger partial charge in [0.1, 0.15) is 5.75 Å². The number of methoxy groups -OCH3 is 1. The number of hydrogen-bond donors (Lipinski definition) is 0. The molecule has 0 saturated carbocycles. The molecule has 1 nitrogen and oxygen atoms in total. The van der Waals surface area contributed by atoms with E-state index < -0.39 is 0 Å². The third-order valence-electron chi connectivity index (χ3n) is 3.28. The lowest BCUT2D eigenvalue weighted by atomic mass is 9.99. The minimum absolute atomic E-state index is 0.937. The van der Waals surface area contributed by atoms with Crippen molar-refractivity contribution in [3.8, 4) is 5.75 Å². The Hall–Kier alpha value is -1.76. The zero-order valence-corrected chi connectivity index (χ0v) is 11.4. The predicted molar refractivity (Wildman–Crippen MR) is 76.2 cm³/mol. The molecule has 0 atom stereocenters. The first kappa shape index (κ1) is 12.7. The van der Waals surface area contributed by atoms with Crippen molar-refractivity contribution >= 4 is 0 Å². The van der Waals surface area contributed by atoms with Gasteiger partial charge in [-0.1, -0.05) is 30.3 Å². The van der Waals surface area contributed by atoms with Crippen LogP contribution in [0.2, 0.25) is 0 Å². The summed E-state index contributed by atoms with van der Waals surface area (Å²) < 4.78 is 5.27. The maximum absolute atomic E-state index is 5.27. The Morgan fingerprint density at radius 2 is 1.39 bits per heavy atom. The van der Waals surface area contributed by atoms with Gasteiger partial charge in [-0.3, -0.25) is 0 Å². The fraction of sp³-hybridized carbons (Fsp3) is 0.235. The molecule has 2 rings (SSSR count). The van der Waals surface area contributed by atoms with Gasteiger partial charge in [0.05, 0.1) is 7.11 Å². The van der Waals surface area contributed by atoms with Gasteiger partial charge in [-0.15, -0.1) is 0 Å². The fourth-order valence-corrected chi connectivity index (χ4v) is 2.04. The lowest BCUT2D eigenvalue weighted by molar-refractivity contribution is 0.411. The van der Waals surface area contributed by atoms with Crippen LogP contribution in [0.4, 0.5) is 0 Å². The molecule has 93 valence electrons. The van der Waals surface area contributed by atoms with Crippen LogP contribution in [0.15, 0.2) is 36.4 Å². The Morgan fingerprint density at radius 1 is 0.778 bits per heavy atom. The van der Waals surface area contributed by atoms with E-state index in [1.54, 1.807) is 7.11 Å². The van der Waals surface area contributed by atoms with Gasteiger partial charge in [0, 0.05) is 6.42 Å². The van der Waals surface area contributed by atoms with E-state index in [-0.39, 0.29) is 0 Å². The van der Waals surface area contributed by atoms with Crippen molar-refractivity contribution < 1.29 is 4.74 Å². The first-order valence-electron chi connectivity index (χ1n) is 6.17. The number of ether oxygens (including phenoxy) is 1. The second kappa shape index (κ2) is 5.26. The zero-order valence-electron chi connectivity index (χ0n) is 11.4. The summed E-state index contributed by atoms with van der Waals surface area (Å²) in [5, 5.41) is 0. The standard InChI is InChI=1S/C17H19O/c1-12-5-6-15(9-13(12)2)11-16-7-8-17(18-4)14(3)10-16/h5-11H,1-4H3. The van der Waals surface area contributed by atoms with Crippen molar-refractivity contribution in [2.75, 3.05) is 7.11 Å². The number of aryl methyl sites for hydroxylation is 3.